The number of amides is 8. The van der Waals surface area contributed by atoms with Crippen LogP contribution < -0.4 is 82.7 Å². The Bertz CT molecular complexity index is 2350. The molecular weight excluding hydrogens is 1020 g/mol. The molecule has 8 amide bonds. The maximum atomic E-state index is 14.2. The third kappa shape index (κ3) is 27.4. The van der Waals surface area contributed by atoms with Crippen LogP contribution in [0.5, 0.6) is 0 Å². The van der Waals surface area contributed by atoms with Gasteiger partial charge in [-0.3, -0.25) is 58.5 Å². The number of hydrogen-bond acceptors (Lipinski definition) is 17. The van der Waals surface area contributed by atoms with Gasteiger partial charge in [0.1, 0.15) is 48.6 Å². The lowest BCUT2D eigenvalue weighted by Crippen LogP contribution is -2.60. The number of guanidine groups is 2. The molecule has 0 fully saturated rings. The van der Waals surface area contributed by atoms with Crippen molar-refractivity contribution in [1.82, 2.24) is 42.5 Å². The van der Waals surface area contributed by atoms with Crippen LogP contribution in [-0.2, 0) is 49.6 Å². The number of thioether (sulfide) groups is 1. The summed E-state index contributed by atoms with van der Waals surface area (Å²) in [6.45, 7) is 2.89. The van der Waals surface area contributed by atoms with Crippen LogP contribution in [0.3, 0.4) is 0 Å². The lowest BCUT2D eigenvalue weighted by Gasteiger charge is -2.27. The van der Waals surface area contributed by atoms with E-state index in [1.165, 1.54) is 25.6 Å². The highest BCUT2D eigenvalue weighted by Crippen LogP contribution is 2.19. The van der Waals surface area contributed by atoms with E-state index in [4.69, 9.17) is 40.1 Å². The Labute approximate surface area is 450 Å². The Kier molecular flexibility index (Phi) is 29.9. The van der Waals surface area contributed by atoms with Gasteiger partial charge in [0.05, 0.1) is 17.8 Å². The number of aliphatic imine (C=N–C) groups is 2. The van der Waals surface area contributed by atoms with Gasteiger partial charge in [-0.05, 0) is 100 Å². The molecule has 0 radical (unpaired) electrons. The first kappa shape index (κ1) is 65.2. The van der Waals surface area contributed by atoms with Gasteiger partial charge in [0.25, 0.3) is 0 Å². The zero-order chi connectivity index (χ0) is 57.5. The van der Waals surface area contributed by atoms with E-state index in [2.05, 4.69) is 62.7 Å². The number of aliphatic carboxylic acids is 1. The predicted molar refractivity (Wildman–Crippen MR) is 289 cm³/mol. The van der Waals surface area contributed by atoms with E-state index in [0.717, 1.165) is 0 Å². The van der Waals surface area contributed by atoms with Crippen LogP contribution in [0.15, 0.2) is 74.8 Å². The van der Waals surface area contributed by atoms with Crippen molar-refractivity contribution in [2.24, 2.45) is 60.3 Å². The minimum absolute atomic E-state index is 0.0340. The van der Waals surface area contributed by atoms with Crippen molar-refractivity contribution >= 4 is 88.3 Å². The Morgan fingerprint density at radius 3 is 1.52 bits per heavy atom. The summed E-state index contributed by atoms with van der Waals surface area (Å²) >= 11 is 1.37. The van der Waals surface area contributed by atoms with E-state index in [-0.39, 0.29) is 70.0 Å². The van der Waals surface area contributed by atoms with Gasteiger partial charge in [-0.15, -0.1) is 0 Å². The number of carboxylic acid groups (broad SMARTS) is 1. The van der Waals surface area contributed by atoms with Gasteiger partial charge in [-0.25, -0.2) is 0 Å². The van der Waals surface area contributed by atoms with Crippen LogP contribution in [0.4, 0.5) is 11.4 Å². The summed E-state index contributed by atoms with van der Waals surface area (Å²) in [4.78, 5) is 128. The molecule has 2 aromatic rings. The Balaban J connectivity index is 2.40. The largest absolute Gasteiger partial charge is 0.481 e. The molecule has 30 heteroatoms. The molecule has 2 aromatic carbocycles. The molecule has 2 rings (SSSR count). The van der Waals surface area contributed by atoms with Gasteiger partial charge in [-0.2, -0.15) is 22.0 Å². The smallest absolute Gasteiger partial charge is 0.305 e. The highest BCUT2D eigenvalue weighted by Gasteiger charge is 2.34. The predicted octanol–water partition coefficient (Wildman–Crippen LogP) is -3.53. The lowest BCUT2D eigenvalue weighted by atomic mass is 10.0. The normalized spacial score (nSPS) is 13.7. The molecular formula is C47H75N19O10S. The fourth-order valence-electron chi connectivity index (χ4n) is 7.06. The second-order valence-corrected chi connectivity index (χ2v) is 18.5. The number of nitrogens with zero attached hydrogens (tertiary/aromatic N) is 4. The standard InChI is InChI=1S/C47H75N19O10S/c1-26(39(71)61-33(14-9-22-57-47(53)54)41(73)62-34(19-23-77-3)42(74)60-31(38(48)70)12-7-20-55-45(49)50)58-43(75)36(25-37(68)69)64-44(76)35(63-40(72)32(59-27(2)67)13-8-21-56-46(51)52)24-28-15-17-30(18-16-28)66-65-29-10-5-4-6-11-29/h4-6,10-11,15-18,26,31-36,45,55H,7-9,12-14,19-25,49-50H2,1-3H3,(H2,48,70)(H,58,75)(H,59,67)(H,60,74)(H,61,71)(H,62,73)(H,63,72)(H,64,76)(H,68,69)(H4,51,52,56)(H4,53,54,57). The second-order valence-electron chi connectivity index (χ2n) is 17.5. The molecule has 0 aliphatic heterocycles. The van der Waals surface area contributed by atoms with Crippen molar-refractivity contribution < 1.29 is 48.3 Å². The summed E-state index contributed by atoms with van der Waals surface area (Å²) < 4.78 is 0. The number of carboxylic acids is 1. The molecule has 77 heavy (non-hydrogen) atoms. The number of nitrogens with one attached hydrogen (secondary N) is 8. The number of primary amides is 1. The van der Waals surface area contributed by atoms with Crippen molar-refractivity contribution in [3.8, 4) is 0 Å². The molecule has 0 saturated heterocycles. The molecule has 424 valence electrons. The SMILES string of the molecule is CSCCC(NC(=O)C(CCCN=C(N)N)NC(=O)C(C)NC(=O)C(CC(=O)O)NC(=O)C(Cc1ccc(N=Nc2ccccc2)cc1)NC(=O)C(CCCN=C(N)N)NC(C)=O)C(=O)NC(CCCNC(N)N)C(N)=O. The molecule has 0 aromatic heterocycles. The summed E-state index contributed by atoms with van der Waals surface area (Å²) in [5, 5.41) is 38.7. The van der Waals surface area contributed by atoms with E-state index in [1.54, 1.807) is 54.8 Å². The van der Waals surface area contributed by atoms with Crippen molar-refractivity contribution in [2.45, 2.75) is 120 Å². The highest BCUT2D eigenvalue weighted by molar-refractivity contribution is 7.98. The average molecular weight is 1100 g/mol. The molecule has 0 bridgehead atoms. The number of carbonyl (C=O) groups excluding carboxylic acids is 8. The van der Waals surface area contributed by atoms with Gasteiger partial charge >= 0.3 is 5.97 Å². The fraction of sp³-hybridized carbons (Fsp3) is 0.511. The van der Waals surface area contributed by atoms with E-state index < -0.39 is 108 Å². The maximum Gasteiger partial charge on any atom is 0.305 e. The number of benzene rings is 2. The summed E-state index contributed by atoms with van der Waals surface area (Å²) in [5.41, 5.74) is 39.9. The third-order valence-electron chi connectivity index (χ3n) is 11.0. The molecule has 0 aliphatic rings. The van der Waals surface area contributed by atoms with Gasteiger partial charge < -0.3 is 82.5 Å². The topological polar surface area (TPSA) is 502 Å². The van der Waals surface area contributed by atoms with Crippen LogP contribution in [0.2, 0.25) is 0 Å². The third-order valence-corrected chi connectivity index (χ3v) is 11.6. The second kappa shape index (κ2) is 35.3. The van der Waals surface area contributed by atoms with Crippen LogP contribution in [0.1, 0.15) is 70.8 Å². The first-order chi connectivity index (χ1) is 36.5. The molecule has 7 unspecified atom stereocenters. The van der Waals surface area contributed by atoms with Crippen molar-refractivity contribution in [3.63, 3.8) is 0 Å². The minimum Gasteiger partial charge on any atom is -0.481 e. The quantitative estimate of drug-likeness (QED) is 0.0103. The van der Waals surface area contributed by atoms with E-state index in [0.29, 0.717) is 35.7 Å². The summed E-state index contributed by atoms with van der Waals surface area (Å²) in [5.74, 6) is -8.39. The van der Waals surface area contributed by atoms with Crippen LogP contribution in [-0.4, -0.2) is 150 Å². The van der Waals surface area contributed by atoms with E-state index in [9.17, 15) is 48.3 Å². The molecule has 29 nitrogen and oxygen atoms in total. The van der Waals surface area contributed by atoms with Crippen LogP contribution in [0, 0.1) is 0 Å². The monoisotopic (exact) mass is 1100 g/mol. The highest BCUT2D eigenvalue weighted by atomic mass is 32.2. The Hall–Kier alpha value is -7.96. The zero-order valence-corrected chi connectivity index (χ0v) is 44.2. The van der Waals surface area contributed by atoms with Crippen LogP contribution >= 0.6 is 11.8 Å². The van der Waals surface area contributed by atoms with Crippen molar-refractivity contribution in [3.05, 3.63) is 60.2 Å². The number of nitrogens with two attached hydrogens (primary N) is 7. The van der Waals surface area contributed by atoms with Crippen molar-refractivity contribution in [2.75, 3.05) is 31.6 Å². The lowest BCUT2D eigenvalue weighted by molar-refractivity contribution is -0.141. The average Bonchev–Trinajstić information content (AvgIpc) is 3.36. The van der Waals surface area contributed by atoms with Gasteiger partial charge in [0.15, 0.2) is 11.9 Å². The van der Waals surface area contributed by atoms with E-state index in [1.807, 2.05) is 6.07 Å². The first-order valence-electron chi connectivity index (χ1n) is 24.5. The molecule has 0 heterocycles. The molecule has 0 aliphatic carbocycles. The van der Waals surface area contributed by atoms with Gasteiger partial charge in [0, 0.05) is 26.4 Å². The molecule has 23 N–H and O–H groups in total. The Morgan fingerprint density at radius 2 is 1.01 bits per heavy atom. The number of hydrogen-bond donors (Lipinski definition) is 16. The zero-order valence-electron chi connectivity index (χ0n) is 43.4. The molecule has 0 spiro atoms. The maximum absolute atomic E-state index is 14.2. The number of rotatable bonds is 36. The summed E-state index contributed by atoms with van der Waals surface area (Å²) in [7, 11) is 0. The van der Waals surface area contributed by atoms with E-state index >= 15 is 0 Å². The molecule has 7 atom stereocenters. The fourth-order valence-corrected chi connectivity index (χ4v) is 7.53. The summed E-state index contributed by atoms with van der Waals surface area (Å²) in [6.07, 6.45) is 0.674. The van der Waals surface area contributed by atoms with Crippen molar-refractivity contribution in [1.29, 1.82) is 0 Å². The molecule has 0 saturated carbocycles. The number of carbonyl (C=O) groups is 9. The minimum atomic E-state index is -1.84. The first-order valence-corrected chi connectivity index (χ1v) is 25.9. The summed E-state index contributed by atoms with van der Waals surface area (Å²) in [6, 6.07) is 5.70. The Morgan fingerprint density at radius 1 is 0.558 bits per heavy atom. The van der Waals surface area contributed by atoms with Gasteiger partial charge in [-0.1, -0.05) is 30.3 Å². The van der Waals surface area contributed by atoms with Gasteiger partial charge in [0.2, 0.25) is 47.3 Å². The number of azo groups is 1. The van der Waals surface area contributed by atoms with Crippen LogP contribution in [0.25, 0.3) is 0 Å².